The first kappa shape index (κ1) is 11.1. The van der Waals surface area contributed by atoms with Gasteiger partial charge in [-0.05, 0) is 37.3 Å². The van der Waals surface area contributed by atoms with E-state index >= 15 is 0 Å². The summed E-state index contributed by atoms with van der Waals surface area (Å²) in [6, 6.07) is 7.88. The molecule has 2 rings (SSSR count). The summed E-state index contributed by atoms with van der Waals surface area (Å²) in [6.07, 6.45) is 2.60. The summed E-state index contributed by atoms with van der Waals surface area (Å²) in [5.41, 5.74) is 7.39. The van der Waals surface area contributed by atoms with Crippen molar-refractivity contribution in [3.8, 4) is 0 Å². The lowest BCUT2D eigenvalue weighted by Crippen LogP contribution is -2.48. The average Bonchev–Trinajstić information content (AvgIpc) is 2.30. The molecule has 0 amide bonds. The third-order valence-electron chi connectivity index (χ3n) is 3.15. The molecule has 3 heteroatoms. The summed E-state index contributed by atoms with van der Waals surface area (Å²) in [4.78, 5) is 11.9. The molecule has 0 saturated carbocycles. The van der Waals surface area contributed by atoms with Crippen LogP contribution in [0.25, 0.3) is 0 Å². The highest BCUT2D eigenvalue weighted by atomic mass is 16.5. The predicted octanol–water partition coefficient (Wildman–Crippen LogP) is 1.74. The first-order valence-electron chi connectivity index (χ1n) is 5.73. The van der Waals surface area contributed by atoms with Crippen LogP contribution < -0.4 is 5.73 Å². The zero-order valence-electron chi connectivity index (χ0n) is 9.53. The number of carbonyl (C=O) groups is 1. The van der Waals surface area contributed by atoms with Crippen LogP contribution in [-0.2, 0) is 21.5 Å². The van der Waals surface area contributed by atoms with E-state index in [0.717, 1.165) is 18.4 Å². The van der Waals surface area contributed by atoms with Gasteiger partial charge < -0.3 is 10.5 Å². The van der Waals surface area contributed by atoms with Gasteiger partial charge in [0.05, 0.1) is 6.61 Å². The molecule has 2 N–H and O–H groups in total. The lowest BCUT2D eigenvalue weighted by Gasteiger charge is -2.33. The van der Waals surface area contributed by atoms with Crippen LogP contribution in [-0.4, -0.2) is 12.6 Å². The van der Waals surface area contributed by atoms with Gasteiger partial charge in [0.25, 0.3) is 0 Å². The van der Waals surface area contributed by atoms with Crippen LogP contribution in [0.1, 0.15) is 30.9 Å². The summed E-state index contributed by atoms with van der Waals surface area (Å²) in [5.74, 6) is -0.304. The van der Waals surface area contributed by atoms with E-state index in [4.69, 9.17) is 10.5 Å². The monoisotopic (exact) mass is 219 g/mol. The maximum absolute atomic E-state index is 11.9. The summed E-state index contributed by atoms with van der Waals surface area (Å²) in [7, 11) is 0. The molecular formula is C13H17NO2. The van der Waals surface area contributed by atoms with Gasteiger partial charge in [0.1, 0.15) is 5.54 Å². The van der Waals surface area contributed by atoms with Gasteiger partial charge in [-0.1, -0.05) is 24.3 Å². The first-order valence-corrected chi connectivity index (χ1v) is 5.73. The lowest BCUT2D eigenvalue weighted by molar-refractivity contribution is -0.150. The van der Waals surface area contributed by atoms with E-state index in [1.807, 2.05) is 24.3 Å². The van der Waals surface area contributed by atoms with Gasteiger partial charge in [0.2, 0.25) is 0 Å². The molecule has 1 aromatic carbocycles. The number of rotatable bonds is 2. The number of benzene rings is 1. The predicted molar refractivity (Wildman–Crippen MR) is 61.9 cm³/mol. The van der Waals surface area contributed by atoms with Crippen LogP contribution in [0.2, 0.25) is 0 Å². The van der Waals surface area contributed by atoms with Gasteiger partial charge in [0.15, 0.2) is 0 Å². The van der Waals surface area contributed by atoms with E-state index in [9.17, 15) is 4.79 Å². The van der Waals surface area contributed by atoms with Crippen molar-refractivity contribution in [2.45, 2.75) is 31.7 Å². The summed E-state index contributed by atoms with van der Waals surface area (Å²) in [5, 5.41) is 0. The second kappa shape index (κ2) is 4.26. The van der Waals surface area contributed by atoms with E-state index in [2.05, 4.69) is 0 Å². The minimum absolute atomic E-state index is 0.304. The standard InChI is InChI=1S/C13H17NO2/c1-2-16-12(15)13(14)9-5-7-10-6-3-4-8-11(10)13/h3-4,6,8H,2,5,7,9,14H2,1H3. The first-order chi connectivity index (χ1) is 7.68. The molecule has 0 heterocycles. The second-order valence-corrected chi connectivity index (χ2v) is 4.20. The smallest absolute Gasteiger partial charge is 0.330 e. The van der Waals surface area contributed by atoms with Crippen LogP contribution in [0.5, 0.6) is 0 Å². The number of aryl methyl sites for hydroxylation is 1. The SMILES string of the molecule is CCOC(=O)C1(N)CCCc2ccccc21. The minimum atomic E-state index is -0.940. The van der Waals surface area contributed by atoms with Crippen LogP contribution in [0.4, 0.5) is 0 Å². The van der Waals surface area contributed by atoms with Crippen molar-refractivity contribution < 1.29 is 9.53 Å². The van der Waals surface area contributed by atoms with Gasteiger partial charge in [-0.2, -0.15) is 0 Å². The Morgan fingerprint density at radius 3 is 3.00 bits per heavy atom. The fraction of sp³-hybridized carbons (Fsp3) is 0.462. The minimum Gasteiger partial charge on any atom is -0.464 e. The topological polar surface area (TPSA) is 52.3 Å². The quantitative estimate of drug-likeness (QED) is 0.771. The van der Waals surface area contributed by atoms with E-state index in [1.54, 1.807) is 6.92 Å². The molecule has 86 valence electrons. The molecule has 3 nitrogen and oxygen atoms in total. The second-order valence-electron chi connectivity index (χ2n) is 4.20. The normalized spacial score (nSPS) is 23.6. The molecule has 0 bridgehead atoms. The van der Waals surface area contributed by atoms with Crippen molar-refractivity contribution in [2.75, 3.05) is 6.61 Å². The van der Waals surface area contributed by atoms with Crippen molar-refractivity contribution in [3.05, 3.63) is 35.4 Å². The van der Waals surface area contributed by atoms with E-state index in [1.165, 1.54) is 5.56 Å². The van der Waals surface area contributed by atoms with Crippen LogP contribution in [0.3, 0.4) is 0 Å². The van der Waals surface area contributed by atoms with E-state index < -0.39 is 5.54 Å². The Balaban J connectivity index is 2.40. The van der Waals surface area contributed by atoms with Gasteiger partial charge in [-0.15, -0.1) is 0 Å². The molecule has 1 unspecified atom stereocenters. The Kier molecular flexibility index (Phi) is 2.97. The molecule has 0 radical (unpaired) electrons. The van der Waals surface area contributed by atoms with Crippen LogP contribution >= 0.6 is 0 Å². The lowest BCUT2D eigenvalue weighted by atomic mass is 9.77. The number of hydrogen-bond acceptors (Lipinski definition) is 3. The van der Waals surface area contributed by atoms with Crippen molar-refractivity contribution in [1.82, 2.24) is 0 Å². The molecule has 0 spiro atoms. The molecule has 0 aromatic heterocycles. The van der Waals surface area contributed by atoms with Crippen molar-refractivity contribution >= 4 is 5.97 Å². The van der Waals surface area contributed by atoms with Crippen molar-refractivity contribution in [1.29, 1.82) is 0 Å². The number of carbonyl (C=O) groups excluding carboxylic acids is 1. The number of nitrogens with two attached hydrogens (primary N) is 1. The molecule has 16 heavy (non-hydrogen) atoms. The Hall–Kier alpha value is -1.35. The Morgan fingerprint density at radius 2 is 2.25 bits per heavy atom. The molecule has 1 aliphatic carbocycles. The molecular weight excluding hydrogens is 202 g/mol. The molecule has 1 aliphatic rings. The van der Waals surface area contributed by atoms with Crippen molar-refractivity contribution in [2.24, 2.45) is 5.73 Å². The van der Waals surface area contributed by atoms with E-state index in [0.29, 0.717) is 13.0 Å². The van der Waals surface area contributed by atoms with Gasteiger partial charge in [-0.25, -0.2) is 4.79 Å². The Bertz CT molecular complexity index is 403. The molecule has 0 aliphatic heterocycles. The third-order valence-corrected chi connectivity index (χ3v) is 3.15. The number of ether oxygens (including phenoxy) is 1. The number of fused-ring (bicyclic) bond motifs is 1. The third kappa shape index (κ3) is 1.71. The molecule has 1 atom stereocenters. The highest BCUT2D eigenvalue weighted by Gasteiger charge is 2.40. The highest BCUT2D eigenvalue weighted by Crippen LogP contribution is 2.34. The average molecular weight is 219 g/mol. The maximum atomic E-state index is 11.9. The fourth-order valence-corrected chi connectivity index (χ4v) is 2.34. The molecule has 1 aromatic rings. The molecule has 0 fully saturated rings. The Labute approximate surface area is 95.6 Å². The Morgan fingerprint density at radius 1 is 1.50 bits per heavy atom. The van der Waals surface area contributed by atoms with Gasteiger partial charge >= 0.3 is 5.97 Å². The number of esters is 1. The molecule has 0 saturated heterocycles. The van der Waals surface area contributed by atoms with Gasteiger partial charge in [0, 0.05) is 0 Å². The zero-order valence-corrected chi connectivity index (χ0v) is 9.53. The van der Waals surface area contributed by atoms with Crippen LogP contribution in [0, 0.1) is 0 Å². The van der Waals surface area contributed by atoms with Gasteiger partial charge in [-0.3, -0.25) is 0 Å². The fourth-order valence-electron chi connectivity index (χ4n) is 2.34. The van der Waals surface area contributed by atoms with E-state index in [-0.39, 0.29) is 5.97 Å². The van der Waals surface area contributed by atoms with Crippen LogP contribution in [0.15, 0.2) is 24.3 Å². The zero-order chi connectivity index (χ0) is 11.6. The summed E-state index contributed by atoms with van der Waals surface area (Å²) < 4.78 is 5.08. The highest BCUT2D eigenvalue weighted by molar-refractivity contribution is 5.83. The largest absolute Gasteiger partial charge is 0.464 e. The maximum Gasteiger partial charge on any atom is 0.330 e. The number of hydrogen-bond donors (Lipinski definition) is 1. The summed E-state index contributed by atoms with van der Waals surface area (Å²) in [6.45, 7) is 2.18. The van der Waals surface area contributed by atoms with Crippen molar-refractivity contribution in [3.63, 3.8) is 0 Å². The summed E-state index contributed by atoms with van der Waals surface area (Å²) >= 11 is 0.